The van der Waals surface area contributed by atoms with Crippen molar-refractivity contribution in [1.29, 1.82) is 0 Å². The molecule has 2 aromatic carbocycles. The molecule has 1 aliphatic rings. The van der Waals surface area contributed by atoms with Gasteiger partial charge in [0, 0.05) is 23.9 Å². The number of hydrogen-bond acceptors (Lipinski definition) is 5. The zero-order valence-electron chi connectivity index (χ0n) is 16.4. The van der Waals surface area contributed by atoms with Gasteiger partial charge < -0.3 is 24.3 Å². The predicted molar refractivity (Wildman–Crippen MR) is 108 cm³/mol. The normalized spacial score (nSPS) is 15.9. The Kier molecular flexibility index (Phi) is 7.14. The lowest BCUT2D eigenvalue weighted by atomic mass is 10.2. The van der Waals surface area contributed by atoms with E-state index in [1.54, 1.807) is 30.3 Å². The minimum atomic E-state index is -0.214. The molecule has 1 saturated heterocycles. The fourth-order valence-electron chi connectivity index (χ4n) is 3.02. The number of carbonyl (C=O) groups is 1. The van der Waals surface area contributed by atoms with Crippen LogP contribution in [0.5, 0.6) is 17.2 Å². The van der Waals surface area contributed by atoms with Crippen LogP contribution in [-0.4, -0.2) is 38.4 Å². The van der Waals surface area contributed by atoms with Crippen molar-refractivity contribution in [2.45, 2.75) is 32.8 Å². The minimum absolute atomic E-state index is 0.137. The summed E-state index contributed by atoms with van der Waals surface area (Å²) >= 11 is 0. The van der Waals surface area contributed by atoms with Crippen LogP contribution in [0.3, 0.4) is 0 Å². The van der Waals surface area contributed by atoms with E-state index in [0.29, 0.717) is 48.3 Å². The van der Waals surface area contributed by atoms with E-state index in [2.05, 4.69) is 5.32 Å². The highest BCUT2D eigenvalue weighted by atomic mass is 16.5. The van der Waals surface area contributed by atoms with E-state index in [1.165, 1.54) is 0 Å². The summed E-state index contributed by atoms with van der Waals surface area (Å²) in [5.74, 6) is 1.71. The summed E-state index contributed by atoms with van der Waals surface area (Å²) in [6.45, 7) is 6.18. The van der Waals surface area contributed by atoms with Gasteiger partial charge in [-0.3, -0.25) is 4.79 Å². The lowest BCUT2D eigenvalue weighted by molar-refractivity contribution is 0.0679. The Balaban J connectivity index is 1.65. The van der Waals surface area contributed by atoms with Gasteiger partial charge >= 0.3 is 0 Å². The average Bonchev–Trinajstić information content (AvgIpc) is 3.23. The fraction of sp³-hybridized carbons (Fsp3) is 0.409. The number of ether oxygens (including phenoxy) is 4. The number of amides is 1. The maximum Gasteiger partial charge on any atom is 0.255 e. The number of nitrogens with one attached hydrogen (secondary N) is 1. The second-order valence-corrected chi connectivity index (χ2v) is 6.46. The molecule has 1 heterocycles. The first-order valence-corrected chi connectivity index (χ1v) is 9.75. The summed E-state index contributed by atoms with van der Waals surface area (Å²) in [5, 5.41) is 2.90. The van der Waals surface area contributed by atoms with Gasteiger partial charge in [0.1, 0.15) is 12.4 Å². The van der Waals surface area contributed by atoms with Crippen molar-refractivity contribution in [3.63, 3.8) is 0 Å². The molecule has 0 bridgehead atoms. The summed E-state index contributed by atoms with van der Waals surface area (Å²) in [5.41, 5.74) is 1.17. The van der Waals surface area contributed by atoms with Gasteiger partial charge in [0.2, 0.25) is 0 Å². The monoisotopic (exact) mass is 385 g/mol. The molecule has 0 spiro atoms. The molecule has 0 aliphatic carbocycles. The first-order chi connectivity index (χ1) is 13.7. The van der Waals surface area contributed by atoms with E-state index in [4.69, 9.17) is 18.9 Å². The van der Waals surface area contributed by atoms with Crippen LogP contribution >= 0.6 is 0 Å². The van der Waals surface area contributed by atoms with Crippen LogP contribution in [0.2, 0.25) is 0 Å². The van der Waals surface area contributed by atoms with E-state index >= 15 is 0 Å². The molecule has 1 atom stereocenters. The topological polar surface area (TPSA) is 66.0 Å². The van der Waals surface area contributed by atoms with E-state index in [0.717, 1.165) is 19.4 Å². The van der Waals surface area contributed by atoms with Crippen LogP contribution in [-0.2, 0) is 4.74 Å². The molecule has 150 valence electrons. The Morgan fingerprint density at radius 2 is 1.89 bits per heavy atom. The molecule has 1 amide bonds. The van der Waals surface area contributed by atoms with Crippen molar-refractivity contribution in [2.24, 2.45) is 0 Å². The van der Waals surface area contributed by atoms with Crippen molar-refractivity contribution >= 4 is 11.6 Å². The van der Waals surface area contributed by atoms with Gasteiger partial charge in [-0.2, -0.15) is 0 Å². The molecule has 0 aromatic heterocycles. The first-order valence-electron chi connectivity index (χ1n) is 9.75. The van der Waals surface area contributed by atoms with Crippen LogP contribution in [0.15, 0.2) is 42.5 Å². The van der Waals surface area contributed by atoms with Gasteiger partial charge in [0.15, 0.2) is 11.5 Å². The molecule has 0 saturated carbocycles. The van der Waals surface area contributed by atoms with E-state index in [9.17, 15) is 4.79 Å². The van der Waals surface area contributed by atoms with Crippen LogP contribution in [0.1, 0.15) is 37.0 Å². The van der Waals surface area contributed by atoms with Crippen LogP contribution in [0.4, 0.5) is 5.69 Å². The van der Waals surface area contributed by atoms with Gasteiger partial charge in [-0.25, -0.2) is 0 Å². The van der Waals surface area contributed by atoms with Crippen LogP contribution in [0.25, 0.3) is 0 Å². The second kappa shape index (κ2) is 9.99. The maximum absolute atomic E-state index is 12.6. The third kappa shape index (κ3) is 5.39. The summed E-state index contributed by atoms with van der Waals surface area (Å²) in [6, 6.07) is 12.5. The smallest absolute Gasteiger partial charge is 0.255 e. The molecule has 28 heavy (non-hydrogen) atoms. The summed E-state index contributed by atoms with van der Waals surface area (Å²) in [4.78, 5) is 12.6. The zero-order chi connectivity index (χ0) is 19.8. The minimum Gasteiger partial charge on any atom is -0.491 e. The third-order valence-corrected chi connectivity index (χ3v) is 4.36. The van der Waals surface area contributed by atoms with Gasteiger partial charge in [-0.15, -0.1) is 0 Å². The van der Waals surface area contributed by atoms with Crippen molar-refractivity contribution < 1.29 is 23.7 Å². The second-order valence-electron chi connectivity index (χ2n) is 6.46. The van der Waals surface area contributed by atoms with Gasteiger partial charge in [0.25, 0.3) is 5.91 Å². The molecular weight excluding hydrogens is 358 g/mol. The summed E-state index contributed by atoms with van der Waals surface area (Å²) in [6.07, 6.45) is 2.22. The third-order valence-electron chi connectivity index (χ3n) is 4.36. The van der Waals surface area contributed by atoms with E-state index in [1.807, 2.05) is 26.0 Å². The quantitative estimate of drug-likeness (QED) is 0.697. The van der Waals surface area contributed by atoms with Gasteiger partial charge in [-0.05, 0) is 57.0 Å². The van der Waals surface area contributed by atoms with Gasteiger partial charge in [-0.1, -0.05) is 6.07 Å². The highest BCUT2D eigenvalue weighted by Crippen LogP contribution is 2.31. The average molecular weight is 385 g/mol. The number of hydrogen-bond donors (Lipinski definition) is 1. The lowest BCUT2D eigenvalue weighted by Crippen LogP contribution is -2.17. The zero-order valence-corrected chi connectivity index (χ0v) is 16.4. The molecule has 3 rings (SSSR count). The Morgan fingerprint density at radius 3 is 2.64 bits per heavy atom. The number of anilines is 1. The molecule has 6 heteroatoms. The Labute approximate surface area is 165 Å². The Hall–Kier alpha value is -2.73. The van der Waals surface area contributed by atoms with E-state index in [-0.39, 0.29) is 12.0 Å². The van der Waals surface area contributed by atoms with E-state index < -0.39 is 0 Å². The van der Waals surface area contributed by atoms with Crippen molar-refractivity contribution in [1.82, 2.24) is 0 Å². The number of carbonyl (C=O) groups excluding carboxylic acids is 1. The summed E-state index contributed by atoms with van der Waals surface area (Å²) in [7, 11) is 0. The molecule has 2 aromatic rings. The van der Waals surface area contributed by atoms with Crippen LogP contribution in [0, 0.1) is 0 Å². The molecule has 1 fully saturated rings. The Bertz CT molecular complexity index is 786. The van der Waals surface area contributed by atoms with Crippen molar-refractivity contribution in [3.05, 3.63) is 48.0 Å². The SMILES string of the molecule is CCOc1ccc(NC(=O)c2cccc(OCC3CCCO3)c2)cc1OCC. The molecule has 6 nitrogen and oxygen atoms in total. The lowest BCUT2D eigenvalue weighted by Gasteiger charge is -2.14. The fourth-order valence-corrected chi connectivity index (χ4v) is 3.02. The highest BCUT2D eigenvalue weighted by Gasteiger charge is 2.16. The highest BCUT2D eigenvalue weighted by molar-refractivity contribution is 6.04. The van der Waals surface area contributed by atoms with Crippen LogP contribution < -0.4 is 19.5 Å². The van der Waals surface area contributed by atoms with Crippen molar-refractivity contribution in [2.75, 3.05) is 31.7 Å². The standard InChI is InChI=1S/C22H27NO5/c1-3-25-20-11-10-17(14-21(20)26-4-2)23-22(24)16-7-5-8-18(13-16)28-15-19-9-6-12-27-19/h5,7-8,10-11,13-14,19H,3-4,6,9,12,15H2,1-2H3,(H,23,24). The Morgan fingerprint density at radius 1 is 1.07 bits per heavy atom. The molecule has 0 radical (unpaired) electrons. The number of benzene rings is 2. The largest absolute Gasteiger partial charge is 0.491 e. The predicted octanol–water partition coefficient (Wildman–Crippen LogP) is 4.29. The number of rotatable bonds is 9. The maximum atomic E-state index is 12.6. The molecule has 1 N–H and O–H groups in total. The summed E-state index contributed by atoms with van der Waals surface area (Å²) < 4.78 is 22.5. The molecular formula is C22H27NO5. The van der Waals surface area contributed by atoms with Gasteiger partial charge in [0.05, 0.1) is 19.3 Å². The molecule has 1 aliphatic heterocycles. The first kappa shape index (κ1) is 20.0. The molecule has 1 unspecified atom stereocenters. The van der Waals surface area contributed by atoms with Crippen molar-refractivity contribution in [3.8, 4) is 17.2 Å².